The monoisotopic (exact) mass is 461 g/mol. The van der Waals surface area contributed by atoms with Gasteiger partial charge in [-0.3, -0.25) is 0 Å². The minimum absolute atomic E-state index is 0.110. The van der Waals surface area contributed by atoms with Gasteiger partial charge in [0.15, 0.2) is 0 Å². The van der Waals surface area contributed by atoms with Crippen LogP contribution in [0.4, 0.5) is 5.13 Å². The van der Waals surface area contributed by atoms with E-state index in [4.69, 9.17) is 19.6 Å². The molecule has 5 rings (SSSR count). The molecule has 0 saturated carbocycles. The zero-order chi connectivity index (χ0) is 22.1. The number of rotatable bonds is 6. The summed E-state index contributed by atoms with van der Waals surface area (Å²) in [6.45, 7) is 2.11. The number of ether oxygens (including phenoxy) is 2. The third-order valence-electron chi connectivity index (χ3n) is 5.55. The zero-order valence-electron chi connectivity index (χ0n) is 18.1. The molecule has 2 aromatic heterocycles. The molecule has 0 aliphatic carbocycles. The van der Waals surface area contributed by atoms with Gasteiger partial charge in [-0.15, -0.1) is 22.7 Å². The lowest BCUT2D eigenvalue weighted by molar-refractivity contribution is 0.404. The molecule has 0 bridgehead atoms. The van der Waals surface area contributed by atoms with Crippen molar-refractivity contribution in [3.63, 3.8) is 0 Å². The van der Waals surface area contributed by atoms with E-state index in [2.05, 4.69) is 59.1 Å². The van der Waals surface area contributed by atoms with Gasteiger partial charge in [-0.1, -0.05) is 35.9 Å². The average Bonchev–Trinajstić information content (AvgIpc) is 3.59. The van der Waals surface area contributed by atoms with Gasteiger partial charge in [0.1, 0.15) is 11.5 Å². The SMILES string of the molecule is COc1ccc(OC)c(-c2csc(N3N=C(c4cccs4)CC3c3ccc(C)cc3)n2)c1. The number of nitrogens with zero attached hydrogens (tertiary/aromatic N) is 3. The molecule has 0 N–H and O–H groups in total. The molecule has 1 aliphatic rings. The van der Waals surface area contributed by atoms with Crippen LogP contribution in [-0.2, 0) is 0 Å². The van der Waals surface area contributed by atoms with E-state index >= 15 is 0 Å². The van der Waals surface area contributed by atoms with Gasteiger partial charge in [0.2, 0.25) is 5.13 Å². The Balaban J connectivity index is 1.54. The molecule has 0 spiro atoms. The molecule has 0 saturated heterocycles. The largest absolute Gasteiger partial charge is 0.497 e. The van der Waals surface area contributed by atoms with E-state index in [0.717, 1.165) is 40.0 Å². The van der Waals surface area contributed by atoms with Crippen LogP contribution in [0.15, 0.2) is 70.5 Å². The molecule has 0 amide bonds. The van der Waals surface area contributed by atoms with Crippen LogP contribution in [-0.4, -0.2) is 24.9 Å². The Morgan fingerprint density at radius 2 is 1.84 bits per heavy atom. The van der Waals surface area contributed by atoms with Crippen LogP contribution in [0.3, 0.4) is 0 Å². The van der Waals surface area contributed by atoms with Crippen molar-refractivity contribution in [3.05, 3.63) is 81.4 Å². The number of methoxy groups -OCH3 is 2. The first-order chi connectivity index (χ1) is 15.7. The summed E-state index contributed by atoms with van der Waals surface area (Å²) in [7, 11) is 3.33. The molecular weight excluding hydrogens is 438 g/mol. The second kappa shape index (κ2) is 8.76. The Morgan fingerprint density at radius 1 is 1.00 bits per heavy atom. The van der Waals surface area contributed by atoms with Gasteiger partial charge in [0.25, 0.3) is 0 Å². The van der Waals surface area contributed by atoms with E-state index in [0.29, 0.717) is 0 Å². The lowest BCUT2D eigenvalue weighted by atomic mass is 10.0. The molecule has 2 aromatic carbocycles. The molecule has 5 nitrogen and oxygen atoms in total. The molecule has 7 heteroatoms. The number of hydrazone groups is 1. The zero-order valence-corrected chi connectivity index (χ0v) is 19.7. The molecule has 1 aliphatic heterocycles. The Kier molecular flexibility index (Phi) is 5.68. The first-order valence-corrected chi connectivity index (χ1v) is 12.1. The van der Waals surface area contributed by atoms with Crippen LogP contribution in [0.2, 0.25) is 0 Å². The lowest BCUT2D eigenvalue weighted by Crippen LogP contribution is -2.18. The van der Waals surface area contributed by atoms with Crippen molar-refractivity contribution < 1.29 is 9.47 Å². The van der Waals surface area contributed by atoms with Crippen molar-refractivity contribution >= 4 is 33.5 Å². The molecule has 1 unspecified atom stereocenters. The van der Waals surface area contributed by atoms with Crippen LogP contribution in [0.1, 0.15) is 28.5 Å². The number of aryl methyl sites for hydroxylation is 1. The first-order valence-electron chi connectivity index (χ1n) is 10.3. The van der Waals surface area contributed by atoms with E-state index in [1.807, 2.05) is 18.2 Å². The third kappa shape index (κ3) is 3.89. The minimum Gasteiger partial charge on any atom is -0.497 e. The summed E-state index contributed by atoms with van der Waals surface area (Å²) in [4.78, 5) is 6.17. The number of hydrogen-bond acceptors (Lipinski definition) is 7. The summed E-state index contributed by atoms with van der Waals surface area (Å²) in [5.41, 5.74) is 5.34. The van der Waals surface area contributed by atoms with Crippen LogP contribution in [0.5, 0.6) is 11.5 Å². The fourth-order valence-corrected chi connectivity index (χ4v) is 5.38. The maximum atomic E-state index is 5.57. The summed E-state index contributed by atoms with van der Waals surface area (Å²) in [5.74, 6) is 1.54. The fraction of sp³-hybridized carbons (Fsp3) is 0.200. The van der Waals surface area contributed by atoms with E-state index in [9.17, 15) is 0 Å². The lowest BCUT2D eigenvalue weighted by Gasteiger charge is -2.21. The molecule has 0 radical (unpaired) electrons. The van der Waals surface area contributed by atoms with Gasteiger partial charge in [-0.2, -0.15) is 5.10 Å². The van der Waals surface area contributed by atoms with E-state index in [1.165, 1.54) is 16.0 Å². The third-order valence-corrected chi connectivity index (χ3v) is 7.30. The maximum Gasteiger partial charge on any atom is 0.207 e. The van der Waals surface area contributed by atoms with E-state index < -0.39 is 0 Å². The highest BCUT2D eigenvalue weighted by Crippen LogP contribution is 2.41. The highest BCUT2D eigenvalue weighted by atomic mass is 32.1. The molecule has 0 fully saturated rings. The van der Waals surface area contributed by atoms with Gasteiger partial charge in [0.05, 0.1) is 36.5 Å². The van der Waals surface area contributed by atoms with Crippen LogP contribution in [0, 0.1) is 6.92 Å². The Bertz CT molecular complexity index is 1250. The van der Waals surface area contributed by atoms with Crippen molar-refractivity contribution in [2.45, 2.75) is 19.4 Å². The molecule has 3 heterocycles. The molecular formula is C25H23N3O2S2. The summed E-state index contributed by atoms with van der Waals surface area (Å²) in [6, 6.07) is 18.8. The Labute approximate surface area is 195 Å². The van der Waals surface area contributed by atoms with Crippen LogP contribution < -0.4 is 14.5 Å². The second-order valence-corrected chi connectivity index (χ2v) is 9.36. The van der Waals surface area contributed by atoms with Gasteiger partial charge < -0.3 is 9.47 Å². The molecule has 1 atom stereocenters. The van der Waals surface area contributed by atoms with E-state index in [-0.39, 0.29) is 6.04 Å². The minimum atomic E-state index is 0.110. The number of thiazole rings is 1. The van der Waals surface area contributed by atoms with Crippen molar-refractivity contribution in [1.82, 2.24) is 4.98 Å². The molecule has 32 heavy (non-hydrogen) atoms. The van der Waals surface area contributed by atoms with Crippen molar-refractivity contribution in [3.8, 4) is 22.8 Å². The van der Waals surface area contributed by atoms with Gasteiger partial charge >= 0.3 is 0 Å². The topological polar surface area (TPSA) is 47.0 Å². The number of benzene rings is 2. The number of thiophene rings is 1. The van der Waals surface area contributed by atoms with E-state index in [1.54, 1.807) is 36.9 Å². The van der Waals surface area contributed by atoms with Crippen LogP contribution >= 0.6 is 22.7 Å². The van der Waals surface area contributed by atoms with Crippen LogP contribution in [0.25, 0.3) is 11.3 Å². The first kappa shape index (κ1) is 20.7. The van der Waals surface area contributed by atoms with Gasteiger partial charge in [-0.25, -0.2) is 9.99 Å². The molecule has 4 aromatic rings. The summed E-state index contributed by atoms with van der Waals surface area (Å²) >= 11 is 3.31. The smallest absolute Gasteiger partial charge is 0.207 e. The number of anilines is 1. The number of hydrogen-bond donors (Lipinski definition) is 0. The number of aromatic nitrogens is 1. The molecule has 162 valence electrons. The highest BCUT2D eigenvalue weighted by Gasteiger charge is 2.32. The fourth-order valence-electron chi connectivity index (χ4n) is 3.83. The summed E-state index contributed by atoms with van der Waals surface area (Å²) < 4.78 is 11.0. The predicted molar refractivity (Wildman–Crippen MR) is 133 cm³/mol. The standard InChI is InChI=1S/C25H23N3O2S2/c1-16-6-8-17(9-7-16)22-14-20(24-5-4-12-31-24)27-28(22)25-26-21(15-32-25)19-13-18(29-2)10-11-23(19)30-3/h4-13,15,22H,14H2,1-3H3. The van der Waals surface area contributed by atoms with Crippen molar-refractivity contribution in [2.75, 3.05) is 19.2 Å². The Morgan fingerprint density at radius 3 is 2.56 bits per heavy atom. The maximum absolute atomic E-state index is 5.57. The van der Waals surface area contributed by atoms with Gasteiger partial charge in [0, 0.05) is 17.4 Å². The quantitative estimate of drug-likeness (QED) is 0.326. The second-order valence-electron chi connectivity index (χ2n) is 7.58. The normalized spacial score (nSPS) is 15.7. The average molecular weight is 462 g/mol. The Hall–Kier alpha value is -3.16. The summed E-state index contributed by atoms with van der Waals surface area (Å²) in [5, 5.41) is 12.1. The van der Waals surface area contributed by atoms with Crippen molar-refractivity contribution in [1.29, 1.82) is 0 Å². The predicted octanol–water partition coefficient (Wildman–Crippen LogP) is 6.55. The summed E-state index contributed by atoms with van der Waals surface area (Å²) in [6.07, 6.45) is 0.848. The highest BCUT2D eigenvalue weighted by molar-refractivity contribution is 7.14. The van der Waals surface area contributed by atoms with Crippen molar-refractivity contribution in [2.24, 2.45) is 5.10 Å². The van der Waals surface area contributed by atoms with Gasteiger partial charge in [-0.05, 0) is 42.1 Å².